The Morgan fingerprint density at radius 1 is 1.48 bits per heavy atom. The van der Waals surface area contributed by atoms with Gasteiger partial charge >= 0.3 is 6.03 Å². The standard InChI is InChI=1S/C15H21N3O5/c1-20-12-5-2-4-11(10-17-18-15(16)19)14(12)23-9-6-13-21-7-3-8-22-13/h2,4-5,10,13H,3,6-9H2,1H3,(H3,16,18,19). The molecule has 1 fully saturated rings. The Hall–Kier alpha value is -2.32. The molecule has 0 bridgehead atoms. The number of nitrogens with one attached hydrogen (secondary N) is 1. The fourth-order valence-electron chi connectivity index (χ4n) is 2.08. The van der Waals surface area contributed by atoms with E-state index in [1.807, 2.05) is 0 Å². The molecule has 8 heteroatoms. The van der Waals surface area contributed by atoms with Gasteiger partial charge in [-0.1, -0.05) is 6.07 Å². The molecular weight excluding hydrogens is 302 g/mol. The summed E-state index contributed by atoms with van der Waals surface area (Å²) in [5, 5.41) is 3.74. The van der Waals surface area contributed by atoms with Gasteiger partial charge in [-0.25, -0.2) is 10.2 Å². The topological polar surface area (TPSA) is 104 Å². The van der Waals surface area contributed by atoms with Crippen LogP contribution in [0.25, 0.3) is 0 Å². The van der Waals surface area contributed by atoms with Crippen LogP contribution in [0.1, 0.15) is 18.4 Å². The van der Waals surface area contributed by atoms with Crippen LogP contribution in [-0.2, 0) is 9.47 Å². The van der Waals surface area contributed by atoms with E-state index in [-0.39, 0.29) is 6.29 Å². The zero-order valence-corrected chi connectivity index (χ0v) is 13.0. The molecule has 0 unspecified atom stereocenters. The molecule has 0 aromatic heterocycles. The first-order valence-corrected chi connectivity index (χ1v) is 7.32. The van der Waals surface area contributed by atoms with Crippen molar-refractivity contribution in [3.8, 4) is 11.5 Å². The quantitative estimate of drug-likeness (QED) is 0.580. The maximum Gasteiger partial charge on any atom is 0.332 e. The first-order chi connectivity index (χ1) is 11.2. The Bertz CT molecular complexity index is 544. The van der Waals surface area contributed by atoms with Crippen molar-refractivity contribution in [2.45, 2.75) is 19.1 Å². The molecule has 1 aromatic rings. The molecule has 1 saturated heterocycles. The lowest BCUT2D eigenvalue weighted by molar-refractivity contribution is -0.183. The second-order valence-electron chi connectivity index (χ2n) is 4.77. The van der Waals surface area contributed by atoms with Gasteiger partial charge < -0.3 is 24.7 Å². The highest BCUT2D eigenvalue weighted by Gasteiger charge is 2.15. The molecule has 1 aliphatic rings. The number of nitrogens with two attached hydrogens (primary N) is 1. The van der Waals surface area contributed by atoms with Crippen LogP contribution in [0.15, 0.2) is 23.3 Å². The number of methoxy groups -OCH3 is 1. The van der Waals surface area contributed by atoms with E-state index >= 15 is 0 Å². The number of para-hydroxylation sites is 1. The zero-order valence-electron chi connectivity index (χ0n) is 13.0. The summed E-state index contributed by atoms with van der Waals surface area (Å²) in [5.41, 5.74) is 7.76. The molecule has 1 heterocycles. The number of primary amides is 1. The van der Waals surface area contributed by atoms with Crippen LogP contribution in [0.3, 0.4) is 0 Å². The normalized spacial score (nSPS) is 15.5. The van der Waals surface area contributed by atoms with E-state index in [1.54, 1.807) is 25.3 Å². The summed E-state index contributed by atoms with van der Waals surface area (Å²) >= 11 is 0. The lowest BCUT2D eigenvalue weighted by atomic mass is 10.2. The second kappa shape index (κ2) is 8.96. The van der Waals surface area contributed by atoms with Crippen LogP contribution >= 0.6 is 0 Å². The van der Waals surface area contributed by atoms with Gasteiger partial charge in [-0.15, -0.1) is 0 Å². The number of urea groups is 1. The molecule has 1 aliphatic heterocycles. The largest absolute Gasteiger partial charge is 0.493 e. The predicted octanol–water partition coefficient (Wildman–Crippen LogP) is 1.23. The number of benzene rings is 1. The number of hydrogen-bond donors (Lipinski definition) is 2. The summed E-state index contributed by atoms with van der Waals surface area (Å²) in [5.74, 6) is 1.10. The summed E-state index contributed by atoms with van der Waals surface area (Å²) < 4.78 is 22.0. The van der Waals surface area contributed by atoms with Crippen molar-refractivity contribution in [3.05, 3.63) is 23.8 Å². The van der Waals surface area contributed by atoms with Crippen LogP contribution in [0.5, 0.6) is 11.5 Å². The third-order valence-corrected chi connectivity index (χ3v) is 3.10. The minimum Gasteiger partial charge on any atom is -0.493 e. The summed E-state index contributed by atoms with van der Waals surface area (Å²) in [6.45, 7) is 1.81. The average molecular weight is 323 g/mol. The molecule has 3 N–H and O–H groups in total. The second-order valence-corrected chi connectivity index (χ2v) is 4.77. The molecule has 8 nitrogen and oxygen atoms in total. The Balaban J connectivity index is 1.99. The first-order valence-electron chi connectivity index (χ1n) is 7.32. The van der Waals surface area contributed by atoms with Crippen LogP contribution in [0.4, 0.5) is 4.79 Å². The van der Waals surface area contributed by atoms with E-state index in [2.05, 4.69) is 10.5 Å². The third-order valence-electron chi connectivity index (χ3n) is 3.10. The molecule has 2 rings (SSSR count). The first kappa shape index (κ1) is 17.0. The average Bonchev–Trinajstić information content (AvgIpc) is 2.56. The molecule has 126 valence electrons. The van der Waals surface area contributed by atoms with Crippen LogP contribution in [0, 0.1) is 0 Å². The third kappa shape index (κ3) is 5.42. The van der Waals surface area contributed by atoms with Gasteiger partial charge in [0.15, 0.2) is 17.8 Å². The molecule has 0 aliphatic carbocycles. The van der Waals surface area contributed by atoms with Crippen molar-refractivity contribution in [2.24, 2.45) is 10.8 Å². The molecular formula is C15H21N3O5. The summed E-state index contributed by atoms with van der Waals surface area (Å²) in [7, 11) is 1.55. The number of ether oxygens (including phenoxy) is 4. The fraction of sp³-hybridized carbons (Fsp3) is 0.467. The van der Waals surface area contributed by atoms with Gasteiger partial charge in [-0.3, -0.25) is 0 Å². The summed E-state index contributed by atoms with van der Waals surface area (Å²) in [6, 6.07) is 4.63. The van der Waals surface area contributed by atoms with E-state index in [4.69, 9.17) is 24.7 Å². The van der Waals surface area contributed by atoms with Crippen molar-refractivity contribution in [1.82, 2.24) is 5.43 Å². The maximum atomic E-state index is 10.7. The molecule has 0 spiro atoms. The van der Waals surface area contributed by atoms with Gasteiger partial charge in [0.05, 0.1) is 33.1 Å². The van der Waals surface area contributed by atoms with Gasteiger partial charge in [-0.05, 0) is 18.6 Å². The van der Waals surface area contributed by atoms with E-state index in [1.165, 1.54) is 6.21 Å². The highest BCUT2D eigenvalue weighted by atomic mass is 16.7. The summed E-state index contributed by atoms with van der Waals surface area (Å²) in [6.07, 6.45) is 2.72. The van der Waals surface area contributed by atoms with Gasteiger partial charge in [-0.2, -0.15) is 5.10 Å². The Labute approximate surface area is 134 Å². The minimum absolute atomic E-state index is 0.243. The number of carbonyl (C=O) groups excluding carboxylic acids is 1. The monoisotopic (exact) mass is 323 g/mol. The van der Waals surface area contributed by atoms with Crippen molar-refractivity contribution in [1.29, 1.82) is 0 Å². The minimum atomic E-state index is -0.738. The number of carbonyl (C=O) groups is 1. The van der Waals surface area contributed by atoms with E-state index in [0.717, 1.165) is 6.42 Å². The molecule has 0 atom stereocenters. The Morgan fingerprint density at radius 3 is 2.96 bits per heavy atom. The van der Waals surface area contributed by atoms with Crippen LogP contribution in [0.2, 0.25) is 0 Å². The molecule has 0 radical (unpaired) electrons. The SMILES string of the molecule is COc1cccc(C=NNC(N)=O)c1OCCC1OCCCO1. The molecule has 1 aromatic carbocycles. The molecule has 2 amide bonds. The fourth-order valence-corrected chi connectivity index (χ4v) is 2.08. The van der Waals surface area contributed by atoms with Crippen molar-refractivity contribution in [2.75, 3.05) is 26.9 Å². The highest BCUT2D eigenvalue weighted by molar-refractivity contribution is 5.86. The number of amides is 2. The number of hydrazone groups is 1. The van der Waals surface area contributed by atoms with E-state index < -0.39 is 6.03 Å². The van der Waals surface area contributed by atoms with Gasteiger partial charge in [0, 0.05) is 12.0 Å². The zero-order chi connectivity index (χ0) is 16.5. The maximum absolute atomic E-state index is 10.7. The Morgan fingerprint density at radius 2 is 2.26 bits per heavy atom. The number of nitrogens with zero attached hydrogens (tertiary/aromatic N) is 1. The van der Waals surface area contributed by atoms with Gasteiger partial charge in [0.25, 0.3) is 0 Å². The number of hydrogen-bond acceptors (Lipinski definition) is 6. The number of rotatable bonds is 7. The molecule has 23 heavy (non-hydrogen) atoms. The van der Waals surface area contributed by atoms with Gasteiger partial charge in [0.2, 0.25) is 0 Å². The van der Waals surface area contributed by atoms with Crippen molar-refractivity contribution in [3.63, 3.8) is 0 Å². The Kier molecular flexibility index (Phi) is 6.64. The predicted molar refractivity (Wildman–Crippen MR) is 83.7 cm³/mol. The summed E-state index contributed by atoms with van der Waals surface area (Å²) in [4.78, 5) is 10.7. The van der Waals surface area contributed by atoms with Crippen LogP contribution in [-0.4, -0.2) is 45.5 Å². The van der Waals surface area contributed by atoms with Crippen LogP contribution < -0.4 is 20.6 Å². The van der Waals surface area contributed by atoms with Crippen molar-refractivity contribution < 1.29 is 23.7 Å². The van der Waals surface area contributed by atoms with Crippen molar-refractivity contribution >= 4 is 12.2 Å². The van der Waals surface area contributed by atoms with E-state index in [0.29, 0.717) is 43.3 Å². The van der Waals surface area contributed by atoms with Gasteiger partial charge in [0.1, 0.15) is 0 Å². The molecule has 0 saturated carbocycles. The smallest absolute Gasteiger partial charge is 0.332 e. The lowest BCUT2D eigenvalue weighted by Gasteiger charge is -2.23. The van der Waals surface area contributed by atoms with E-state index in [9.17, 15) is 4.79 Å². The highest BCUT2D eigenvalue weighted by Crippen LogP contribution is 2.30. The lowest BCUT2D eigenvalue weighted by Crippen LogP contribution is -2.26.